The minimum Gasteiger partial charge on any atom is -0.733 e. The fourth-order valence-electron chi connectivity index (χ4n) is 3.39. The van der Waals surface area contributed by atoms with Gasteiger partial charge in [-0.2, -0.15) is 5.10 Å². The third-order valence-electron chi connectivity index (χ3n) is 4.79. The van der Waals surface area contributed by atoms with Gasteiger partial charge in [0.15, 0.2) is 0 Å². The Labute approximate surface area is 158 Å². The average Bonchev–Trinajstić information content (AvgIpc) is 3.13. The first-order valence-electron chi connectivity index (χ1n) is 8.90. The molecule has 0 saturated carbocycles. The van der Waals surface area contributed by atoms with E-state index in [1.165, 1.54) is 5.56 Å². The van der Waals surface area contributed by atoms with Gasteiger partial charge < -0.3 is 10.4 Å². The molecule has 4 rings (SSSR count). The Balaban J connectivity index is 1.62. The lowest BCUT2D eigenvalue weighted by atomic mass is 9.98. The van der Waals surface area contributed by atoms with E-state index in [0.717, 1.165) is 23.3 Å². The van der Waals surface area contributed by atoms with Crippen molar-refractivity contribution in [2.45, 2.75) is 19.0 Å². The fraction of sp³-hybridized carbons (Fsp3) is 0.136. The van der Waals surface area contributed by atoms with Gasteiger partial charge >= 0.3 is 0 Å². The maximum Gasteiger partial charge on any atom is 0.0780 e. The molecule has 0 saturated heterocycles. The average molecular weight is 358 g/mol. The monoisotopic (exact) mass is 358 g/mol. The van der Waals surface area contributed by atoms with E-state index < -0.39 is 0 Å². The van der Waals surface area contributed by atoms with Crippen molar-refractivity contribution in [3.05, 3.63) is 107 Å². The summed E-state index contributed by atoms with van der Waals surface area (Å²) < 4.78 is 0. The smallest absolute Gasteiger partial charge is 0.0780 e. The normalized spacial score (nSPS) is 16.3. The SMILES string of the molecule is [O-]N(O)c1ccc(CN2N=C(c3ccccc3)C[C@H]2c2ccccc2)cc1. The highest BCUT2D eigenvalue weighted by Crippen LogP contribution is 2.34. The van der Waals surface area contributed by atoms with Crippen LogP contribution in [0.2, 0.25) is 0 Å². The van der Waals surface area contributed by atoms with Crippen LogP contribution >= 0.6 is 0 Å². The van der Waals surface area contributed by atoms with Gasteiger partial charge in [-0.15, -0.1) is 0 Å². The second kappa shape index (κ2) is 7.61. The second-order valence-corrected chi connectivity index (χ2v) is 6.58. The summed E-state index contributed by atoms with van der Waals surface area (Å²) in [6.45, 7) is 0.625. The van der Waals surface area contributed by atoms with Gasteiger partial charge in [-0.05, 0) is 28.8 Å². The molecule has 5 nitrogen and oxygen atoms in total. The Morgan fingerprint density at radius 2 is 1.56 bits per heavy atom. The fourth-order valence-corrected chi connectivity index (χ4v) is 3.39. The lowest BCUT2D eigenvalue weighted by molar-refractivity contribution is 0.224. The first-order valence-corrected chi connectivity index (χ1v) is 8.90. The van der Waals surface area contributed by atoms with Gasteiger partial charge in [0.1, 0.15) is 0 Å². The zero-order chi connectivity index (χ0) is 18.6. The second-order valence-electron chi connectivity index (χ2n) is 6.58. The largest absolute Gasteiger partial charge is 0.733 e. The highest BCUT2D eigenvalue weighted by atomic mass is 16.8. The molecule has 0 spiro atoms. The molecule has 0 amide bonds. The minimum absolute atomic E-state index is 0.127. The minimum atomic E-state index is -0.127. The Morgan fingerprint density at radius 3 is 2.19 bits per heavy atom. The number of rotatable bonds is 5. The number of nitrogens with zero attached hydrogens (tertiary/aromatic N) is 3. The van der Waals surface area contributed by atoms with Gasteiger partial charge in [-0.3, -0.25) is 10.2 Å². The molecule has 3 aromatic rings. The molecule has 0 unspecified atom stereocenters. The molecule has 1 N–H and O–H groups in total. The predicted molar refractivity (Wildman–Crippen MR) is 106 cm³/mol. The molecule has 5 heteroatoms. The number of hydrazone groups is 1. The molecule has 1 heterocycles. The van der Waals surface area contributed by atoms with Crippen LogP contribution in [0.4, 0.5) is 5.69 Å². The van der Waals surface area contributed by atoms with E-state index in [-0.39, 0.29) is 17.0 Å². The van der Waals surface area contributed by atoms with Crippen molar-refractivity contribution in [1.29, 1.82) is 0 Å². The van der Waals surface area contributed by atoms with Crippen LogP contribution in [-0.2, 0) is 6.54 Å². The summed E-state index contributed by atoms with van der Waals surface area (Å²) in [6.07, 6.45) is 0.844. The number of hydrogen-bond donors (Lipinski definition) is 1. The highest BCUT2D eigenvalue weighted by Gasteiger charge is 2.28. The van der Waals surface area contributed by atoms with Crippen molar-refractivity contribution in [2.24, 2.45) is 5.10 Å². The first-order chi connectivity index (χ1) is 13.2. The molecule has 27 heavy (non-hydrogen) atoms. The third kappa shape index (κ3) is 3.84. The van der Waals surface area contributed by atoms with E-state index in [4.69, 9.17) is 10.3 Å². The number of benzene rings is 3. The zero-order valence-electron chi connectivity index (χ0n) is 14.8. The Bertz CT molecular complexity index is 909. The molecule has 136 valence electrons. The van der Waals surface area contributed by atoms with Gasteiger partial charge in [-0.1, -0.05) is 72.8 Å². The van der Waals surface area contributed by atoms with Crippen molar-refractivity contribution < 1.29 is 5.21 Å². The van der Waals surface area contributed by atoms with Gasteiger partial charge in [0, 0.05) is 6.42 Å². The topological polar surface area (TPSA) is 62.1 Å². The van der Waals surface area contributed by atoms with Crippen LogP contribution in [-0.4, -0.2) is 15.9 Å². The Morgan fingerprint density at radius 1 is 0.926 bits per heavy atom. The summed E-state index contributed by atoms with van der Waals surface area (Å²) in [5.41, 5.74) is 4.68. The molecular weight excluding hydrogens is 338 g/mol. The standard InChI is InChI=1S/C22H20N3O2/c26-25(27)20-13-11-17(12-14-20)16-24-22(19-9-5-2-6-10-19)15-21(23-24)18-7-3-1-4-8-18/h1-14,22,26H,15-16H2/q-1/t22-/m0/s1. The Hall–Kier alpha value is -3.15. The summed E-state index contributed by atoms with van der Waals surface area (Å²) >= 11 is 0. The van der Waals surface area contributed by atoms with Crippen LogP contribution in [0.25, 0.3) is 0 Å². The first kappa shape index (κ1) is 17.3. The maximum absolute atomic E-state index is 11.0. The lowest BCUT2D eigenvalue weighted by Gasteiger charge is -2.25. The van der Waals surface area contributed by atoms with Crippen LogP contribution in [0.3, 0.4) is 0 Å². The van der Waals surface area contributed by atoms with Gasteiger partial charge in [0.25, 0.3) is 0 Å². The summed E-state index contributed by atoms with van der Waals surface area (Å²) in [5.74, 6) is 0. The van der Waals surface area contributed by atoms with Gasteiger partial charge in [0.2, 0.25) is 0 Å². The van der Waals surface area contributed by atoms with E-state index in [9.17, 15) is 5.21 Å². The predicted octanol–water partition coefficient (Wildman–Crippen LogP) is 4.73. The summed E-state index contributed by atoms with van der Waals surface area (Å²) in [7, 11) is 0. The molecule has 0 aromatic heterocycles. The van der Waals surface area contributed by atoms with E-state index in [1.807, 2.05) is 48.5 Å². The molecule has 0 bridgehead atoms. The number of hydrogen-bond acceptors (Lipinski definition) is 5. The summed E-state index contributed by atoms with van der Waals surface area (Å²) in [5, 5.41) is 26.8. The van der Waals surface area contributed by atoms with Gasteiger partial charge in [0.05, 0.1) is 24.0 Å². The molecule has 0 radical (unpaired) electrons. The van der Waals surface area contributed by atoms with Crippen LogP contribution in [0.15, 0.2) is 90.0 Å². The molecular formula is C22H20N3O2-. The van der Waals surface area contributed by atoms with Gasteiger partial charge in [-0.25, -0.2) is 0 Å². The molecule has 1 atom stereocenters. The van der Waals surface area contributed by atoms with E-state index >= 15 is 0 Å². The van der Waals surface area contributed by atoms with Crippen molar-refractivity contribution in [3.8, 4) is 0 Å². The van der Waals surface area contributed by atoms with E-state index in [0.29, 0.717) is 6.54 Å². The van der Waals surface area contributed by atoms with Crippen molar-refractivity contribution >= 4 is 11.4 Å². The Kier molecular flexibility index (Phi) is 4.87. The van der Waals surface area contributed by atoms with Crippen LogP contribution in [0, 0.1) is 5.21 Å². The number of anilines is 1. The lowest BCUT2D eigenvalue weighted by Crippen LogP contribution is -2.19. The molecule has 1 aliphatic heterocycles. The molecule has 1 aliphatic rings. The molecule has 0 fully saturated rings. The van der Waals surface area contributed by atoms with Crippen LogP contribution in [0.1, 0.15) is 29.2 Å². The summed E-state index contributed by atoms with van der Waals surface area (Å²) in [6, 6.07) is 27.7. The van der Waals surface area contributed by atoms with Crippen molar-refractivity contribution in [1.82, 2.24) is 5.01 Å². The quantitative estimate of drug-likeness (QED) is 0.670. The van der Waals surface area contributed by atoms with E-state index in [1.54, 1.807) is 12.1 Å². The van der Waals surface area contributed by atoms with E-state index in [2.05, 4.69) is 29.3 Å². The maximum atomic E-state index is 11.0. The van der Waals surface area contributed by atoms with Crippen LogP contribution in [0.5, 0.6) is 0 Å². The van der Waals surface area contributed by atoms with Crippen LogP contribution < -0.4 is 5.23 Å². The third-order valence-corrected chi connectivity index (χ3v) is 4.79. The van der Waals surface area contributed by atoms with Crippen molar-refractivity contribution in [2.75, 3.05) is 5.23 Å². The zero-order valence-corrected chi connectivity index (χ0v) is 14.8. The summed E-state index contributed by atoms with van der Waals surface area (Å²) in [4.78, 5) is 0. The molecule has 0 aliphatic carbocycles. The van der Waals surface area contributed by atoms with Crippen molar-refractivity contribution in [3.63, 3.8) is 0 Å². The molecule has 3 aromatic carbocycles. The highest BCUT2D eigenvalue weighted by molar-refractivity contribution is 6.01.